The molecule has 160 valence electrons. The molecule has 5 heteroatoms. The van der Waals surface area contributed by atoms with Crippen LogP contribution in [0, 0.1) is 0 Å². The Balaban J connectivity index is 1.90. The predicted molar refractivity (Wildman–Crippen MR) is 121 cm³/mol. The summed E-state index contributed by atoms with van der Waals surface area (Å²) in [7, 11) is 1.31. The number of esters is 2. The molecule has 0 saturated carbocycles. The third-order valence-corrected chi connectivity index (χ3v) is 5.43. The number of hydrogen-bond donors (Lipinski definition) is 1. The highest BCUT2D eigenvalue weighted by Gasteiger charge is 2.43. The van der Waals surface area contributed by atoms with Gasteiger partial charge in [-0.15, -0.1) is 0 Å². The summed E-state index contributed by atoms with van der Waals surface area (Å²) in [5, 5.41) is 11.1. The summed E-state index contributed by atoms with van der Waals surface area (Å²) in [6.07, 6.45) is 1.60. The van der Waals surface area contributed by atoms with Crippen molar-refractivity contribution in [1.82, 2.24) is 0 Å². The highest BCUT2D eigenvalue weighted by molar-refractivity contribution is 5.98. The standard InChI is InChI=1S/C27H22O5/c1-31-26(29)23(20-15-9-4-10-16-20)22(19-13-7-3-8-14-19)24-25(28)21(32-27(24)30)17-18-11-5-2-6-12-18/h2-17,22-23,28H,1H3/b21-17-. The number of cyclic esters (lactones) is 1. The van der Waals surface area contributed by atoms with Gasteiger partial charge in [0.25, 0.3) is 0 Å². The van der Waals surface area contributed by atoms with Gasteiger partial charge in [-0.05, 0) is 22.8 Å². The molecule has 0 spiro atoms. The van der Waals surface area contributed by atoms with Gasteiger partial charge in [0.1, 0.15) is 0 Å². The summed E-state index contributed by atoms with van der Waals surface area (Å²) in [5.41, 5.74) is 2.15. The quantitative estimate of drug-likeness (QED) is 0.553. The molecule has 0 bridgehead atoms. The third-order valence-electron chi connectivity index (χ3n) is 5.43. The minimum atomic E-state index is -0.857. The van der Waals surface area contributed by atoms with Crippen molar-refractivity contribution in [2.45, 2.75) is 11.8 Å². The van der Waals surface area contributed by atoms with Crippen LogP contribution < -0.4 is 0 Å². The zero-order chi connectivity index (χ0) is 22.5. The molecule has 0 aromatic heterocycles. The maximum absolute atomic E-state index is 13.0. The number of hydrogen-bond acceptors (Lipinski definition) is 5. The number of carbonyl (C=O) groups is 2. The van der Waals surface area contributed by atoms with Crippen LogP contribution in [0.2, 0.25) is 0 Å². The van der Waals surface area contributed by atoms with Crippen molar-refractivity contribution >= 4 is 18.0 Å². The molecule has 1 aliphatic rings. The maximum Gasteiger partial charge on any atom is 0.344 e. The van der Waals surface area contributed by atoms with E-state index in [1.165, 1.54) is 7.11 Å². The first-order chi connectivity index (χ1) is 15.6. The highest BCUT2D eigenvalue weighted by Crippen LogP contribution is 2.44. The van der Waals surface area contributed by atoms with Crippen molar-refractivity contribution < 1.29 is 24.2 Å². The van der Waals surface area contributed by atoms with Crippen molar-refractivity contribution in [2.75, 3.05) is 7.11 Å². The van der Waals surface area contributed by atoms with Gasteiger partial charge in [0.15, 0.2) is 11.5 Å². The van der Waals surface area contributed by atoms with E-state index in [4.69, 9.17) is 9.47 Å². The van der Waals surface area contributed by atoms with E-state index in [9.17, 15) is 14.7 Å². The first kappa shape index (κ1) is 21.1. The van der Waals surface area contributed by atoms with E-state index in [0.717, 1.165) is 5.56 Å². The first-order valence-corrected chi connectivity index (χ1v) is 10.2. The normalized spacial score (nSPS) is 16.5. The summed E-state index contributed by atoms with van der Waals surface area (Å²) in [5.74, 6) is -3.10. The van der Waals surface area contributed by atoms with Crippen LogP contribution in [0.5, 0.6) is 0 Å². The largest absolute Gasteiger partial charge is 0.504 e. The molecule has 1 heterocycles. The Bertz CT molecular complexity index is 1160. The van der Waals surface area contributed by atoms with Crippen LogP contribution in [-0.4, -0.2) is 24.2 Å². The fourth-order valence-electron chi connectivity index (χ4n) is 3.94. The average Bonchev–Trinajstić information content (AvgIpc) is 3.11. The molecule has 0 aliphatic carbocycles. The summed E-state index contributed by atoms with van der Waals surface area (Å²) in [6, 6.07) is 27.4. The number of aliphatic hydroxyl groups excluding tert-OH is 1. The molecular weight excluding hydrogens is 404 g/mol. The number of methoxy groups -OCH3 is 1. The van der Waals surface area contributed by atoms with E-state index in [0.29, 0.717) is 11.1 Å². The second-order valence-electron chi connectivity index (χ2n) is 7.37. The van der Waals surface area contributed by atoms with Gasteiger partial charge >= 0.3 is 11.9 Å². The number of benzene rings is 3. The smallest absolute Gasteiger partial charge is 0.344 e. The Labute approximate surface area is 186 Å². The Morgan fingerprint density at radius 3 is 1.97 bits per heavy atom. The molecule has 32 heavy (non-hydrogen) atoms. The summed E-state index contributed by atoms with van der Waals surface area (Å²) in [6.45, 7) is 0. The van der Waals surface area contributed by atoms with Crippen LogP contribution in [0.15, 0.2) is 108 Å². The lowest BCUT2D eigenvalue weighted by Gasteiger charge is -2.26. The number of carbonyl (C=O) groups excluding carboxylic acids is 2. The molecule has 3 aromatic rings. The molecule has 0 radical (unpaired) electrons. The Morgan fingerprint density at radius 2 is 1.41 bits per heavy atom. The van der Waals surface area contributed by atoms with Crippen LogP contribution in [0.25, 0.3) is 6.08 Å². The lowest BCUT2D eigenvalue weighted by Crippen LogP contribution is -2.25. The maximum atomic E-state index is 13.0. The molecule has 2 atom stereocenters. The van der Waals surface area contributed by atoms with Crippen molar-refractivity contribution in [3.63, 3.8) is 0 Å². The van der Waals surface area contributed by atoms with Crippen molar-refractivity contribution in [3.8, 4) is 0 Å². The second kappa shape index (κ2) is 9.35. The Hall–Kier alpha value is -4.12. The third kappa shape index (κ3) is 4.18. The van der Waals surface area contributed by atoms with E-state index >= 15 is 0 Å². The topological polar surface area (TPSA) is 72.8 Å². The van der Waals surface area contributed by atoms with Crippen LogP contribution >= 0.6 is 0 Å². The zero-order valence-electron chi connectivity index (χ0n) is 17.5. The SMILES string of the molecule is COC(=O)C(c1ccccc1)C(C1=C(O)/C(=C/c2ccccc2)OC1=O)c1ccccc1. The van der Waals surface area contributed by atoms with Crippen molar-refractivity contribution in [2.24, 2.45) is 0 Å². The van der Waals surface area contributed by atoms with E-state index < -0.39 is 23.8 Å². The van der Waals surface area contributed by atoms with Crippen LogP contribution in [0.3, 0.4) is 0 Å². The van der Waals surface area contributed by atoms with Gasteiger partial charge in [0, 0.05) is 5.92 Å². The monoisotopic (exact) mass is 426 g/mol. The molecule has 0 saturated heterocycles. The van der Waals surface area contributed by atoms with Crippen LogP contribution in [0.4, 0.5) is 0 Å². The lowest BCUT2D eigenvalue weighted by molar-refractivity contribution is -0.143. The highest BCUT2D eigenvalue weighted by atomic mass is 16.6. The molecule has 0 amide bonds. The van der Waals surface area contributed by atoms with E-state index in [1.54, 1.807) is 18.2 Å². The van der Waals surface area contributed by atoms with Gasteiger partial charge < -0.3 is 14.6 Å². The predicted octanol–water partition coefficient (Wildman–Crippen LogP) is 5.14. The van der Waals surface area contributed by atoms with Gasteiger partial charge in [0.2, 0.25) is 0 Å². The molecule has 0 fully saturated rings. The van der Waals surface area contributed by atoms with Crippen molar-refractivity contribution in [3.05, 3.63) is 125 Å². The minimum absolute atomic E-state index is 0.0256. The Kier molecular flexibility index (Phi) is 6.17. The molecular formula is C27H22O5. The number of ether oxygens (including phenoxy) is 2. The fourth-order valence-corrected chi connectivity index (χ4v) is 3.94. The Morgan fingerprint density at radius 1 is 0.875 bits per heavy atom. The molecule has 4 rings (SSSR count). The van der Waals surface area contributed by atoms with Gasteiger partial charge in [-0.3, -0.25) is 4.79 Å². The average molecular weight is 426 g/mol. The van der Waals surface area contributed by atoms with Crippen LogP contribution in [-0.2, 0) is 19.1 Å². The summed E-state index contributed by atoms with van der Waals surface area (Å²) >= 11 is 0. The number of rotatable bonds is 6. The van der Waals surface area contributed by atoms with E-state index in [-0.39, 0.29) is 17.1 Å². The first-order valence-electron chi connectivity index (χ1n) is 10.2. The van der Waals surface area contributed by atoms with Gasteiger partial charge in [-0.1, -0.05) is 91.0 Å². The van der Waals surface area contributed by atoms with Gasteiger partial charge in [-0.25, -0.2) is 4.79 Å². The fraction of sp³-hybridized carbons (Fsp3) is 0.111. The van der Waals surface area contributed by atoms with Crippen LogP contribution in [0.1, 0.15) is 28.5 Å². The van der Waals surface area contributed by atoms with Gasteiger partial charge in [0.05, 0.1) is 18.6 Å². The van der Waals surface area contributed by atoms with Crippen molar-refractivity contribution in [1.29, 1.82) is 0 Å². The second-order valence-corrected chi connectivity index (χ2v) is 7.37. The molecule has 1 aliphatic heterocycles. The molecule has 5 nitrogen and oxygen atoms in total. The van der Waals surface area contributed by atoms with E-state index in [1.807, 2.05) is 78.9 Å². The molecule has 2 unspecified atom stereocenters. The number of aliphatic hydroxyl groups is 1. The zero-order valence-corrected chi connectivity index (χ0v) is 17.5. The van der Waals surface area contributed by atoms with Gasteiger partial charge in [-0.2, -0.15) is 0 Å². The molecule has 3 aromatic carbocycles. The molecule has 1 N–H and O–H groups in total. The summed E-state index contributed by atoms with van der Waals surface area (Å²) < 4.78 is 10.5. The van der Waals surface area contributed by atoms with E-state index in [2.05, 4.69) is 0 Å². The minimum Gasteiger partial charge on any atom is -0.504 e. The summed E-state index contributed by atoms with van der Waals surface area (Å²) in [4.78, 5) is 26.0. The lowest BCUT2D eigenvalue weighted by atomic mass is 9.76.